The van der Waals surface area contributed by atoms with Crippen molar-refractivity contribution in [2.45, 2.75) is 0 Å². The lowest BCUT2D eigenvalue weighted by molar-refractivity contribution is 0.373. The molecule has 0 amide bonds. The summed E-state index contributed by atoms with van der Waals surface area (Å²) in [6.45, 7) is 0. The molecular weight excluding hydrogens is 123 g/mol. The fourth-order valence-electron chi connectivity index (χ4n) is 0.539. The summed E-state index contributed by atoms with van der Waals surface area (Å²) in [5.41, 5.74) is 0. The largest absolute Gasteiger partial charge is 0.491 e. The predicted octanol–water partition coefficient (Wildman–Crippen LogP) is 0.568. The summed E-state index contributed by atoms with van der Waals surface area (Å²) in [6.07, 6.45) is 1.33. The summed E-state index contributed by atoms with van der Waals surface area (Å²) in [5, 5.41) is 3.60. The quantitative estimate of drug-likeness (QED) is 0.555. The summed E-state index contributed by atoms with van der Waals surface area (Å²) < 4.78 is 18.3. The number of hydrogen-bond donors (Lipinski definition) is 0. The van der Waals surface area contributed by atoms with Gasteiger partial charge in [0.05, 0.1) is 13.3 Å². The molecule has 4 heteroatoms. The topological polar surface area (TPSA) is 27.1 Å². The molecule has 1 aromatic heterocycles. The Hall–Kier alpha value is -1.06. The van der Waals surface area contributed by atoms with Crippen molar-refractivity contribution in [3.63, 3.8) is 0 Å². The number of aryl methyl sites for hydroxylation is 1. The first-order chi connectivity index (χ1) is 4.25. The fourth-order valence-corrected chi connectivity index (χ4v) is 0.539. The lowest BCUT2D eigenvalue weighted by Gasteiger charge is -1.91. The molecule has 0 aliphatic carbocycles. The highest BCUT2D eigenvalue weighted by Gasteiger charge is 2.05. The van der Waals surface area contributed by atoms with Crippen molar-refractivity contribution in [2.24, 2.45) is 7.05 Å². The van der Waals surface area contributed by atoms with E-state index in [0.29, 0.717) is 0 Å². The van der Waals surface area contributed by atoms with Gasteiger partial charge in [0, 0.05) is 7.05 Å². The minimum atomic E-state index is -0.447. The van der Waals surface area contributed by atoms with Crippen LogP contribution in [0.2, 0.25) is 0 Å². The molecule has 0 unspecified atom stereocenters. The van der Waals surface area contributed by atoms with Crippen LogP contribution in [-0.2, 0) is 7.05 Å². The van der Waals surface area contributed by atoms with Gasteiger partial charge in [0.25, 0.3) is 5.95 Å². The molecule has 1 rings (SSSR count). The van der Waals surface area contributed by atoms with Gasteiger partial charge in [-0.1, -0.05) is 0 Å². The van der Waals surface area contributed by atoms with Crippen molar-refractivity contribution >= 4 is 0 Å². The average molecular weight is 130 g/mol. The van der Waals surface area contributed by atoms with Crippen molar-refractivity contribution in [3.8, 4) is 5.75 Å². The second-order valence-electron chi connectivity index (χ2n) is 1.63. The van der Waals surface area contributed by atoms with E-state index in [2.05, 4.69) is 9.84 Å². The van der Waals surface area contributed by atoms with Gasteiger partial charge in [0.1, 0.15) is 0 Å². The van der Waals surface area contributed by atoms with Gasteiger partial charge < -0.3 is 4.74 Å². The van der Waals surface area contributed by atoms with Gasteiger partial charge in [-0.05, 0) is 0 Å². The molecule has 0 spiro atoms. The Morgan fingerprint density at radius 3 is 2.67 bits per heavy atom. The van der Waals surface area contributed by atoms with Gasteiger partial charge in [-0.25, -0.2) is 4.68 Å². The van der Waals surface area contributed by atoms with E-state index in [0.717, 1.165) is 4.68 Å². The van der Waals surface area contributed by atoms with Crippen LogP contribution in [0.5, 0.6) is 5.75 Å². The van der Waals surface area contributed by atoms with Crippen LogP contribution in [-0.4, -0.2) is 16.9 Å². The monoisotopic (exact) mass is 130 g/mol. The van der Waals surface area contributed by atoms with Crippen LogP contribution in [0.15, 0.2) is 6.20 Å². The van der Waals surface area contributed by atoms with E-state index >= 15 is 0 Å². The predicted molar refractivity (Wildman–Crippen MR) is 29.7 cm³/mol. The Bertz CT molecular complexity index is 209. The van der Waals surface area contributed by atoms with Crippen LogP contribution >= 0.6 is 0 Å². The Morgan fingerprint density at radius 2 is 2.44 bits per heavy atom. The number of rotatable bonds is 1. The summed E-state index contributed by atoms with van der Waals surface area (Å²) in [4.78, 5) is 0. The third kappa shape index (κ3) is 0.872. The molecule has 0 N–H and O–H groups in total. The van der Waals surface area contributed by atoms with Gasteiger partial charge >= 0.3 is 0 Å². The van der Waals surface area contributed by atoms with Crippen molar-refractivity contribution < 1.29 is 9.13 Å². The van der Waals surface area contributed by atoms with Crippen LogP contribution in [0, 0.1) is 5.95 Å². The zero-order valence-corrected chi connectivity index (χ0v) is 5.26. The molecule has 1 heterocycles. The summed E-state index contributed by atoms with van der Waals surface area (Å²) in [5.74, 6) is -0.269. The SMILES string of the molecule is COc1cnn(C)c1F. The molecule has 0 bridgehead atoms. The van der Waals surface area contributed by atoms with E-state index in [4.69, 9.17) is 0 Å². The van der Waals surface area contributed by atoms with Gasteiger partial charge in [-0.2, -0.15) is 9.49 Å². The third-order valence-corrected chi connectivity index (χ3v) is 1.06. The normalized spacial score (nSPS) is 9.67. The van der Waals surface area contributed by atoms with Crippen molar-refractivity contribution in [3.05, 3.63) is 12.1 Å². The number of nitrogens with zero attached hydrogens (tertiary/aromatic N) is 2. The van der Waals surface area contributed by atoms with E-state index in [1.807, 2.05) is 0 Å². The Kier molecular flexibility index (Phi) is 1.38. The first-order valence-corrected chi connectivity index (χ1v) is 2.47. The van der Waals surface area contributed by atoms with E-state index in [1.165, 1.54) is 20.4 Å². The van der Waals surface area contributed by atoms with Gasteiger partial charge in [0.15, 0.2) is 5.75 Å². The highest BCUT2D eigenvalue weighted by atomic mass is 19.1. The Balaban J connectivity index is 3.04. The van der Waals surface area contributed by atoms with E-state index < -0.39 is 5.95 Å². The maximum absolute atomic E-state index is 12.5. The maximum Gasteiger partial charge on any atom is 0.253 e. The first kappa shape index (κ1) is 6.07. The third-order valence-electron chi connectivity index (χ3n) is 1.06. The summed E-state index contributed by atoms with van der Waals surface area (Å²) in [6, 6.07) is 0. The molecule has 0 radical (unpaired) electrons. The van der Waals surface area contributed by atoms with Gasteiger partial charge in [-0.15, -0.1) is 0 Å². The second kappa shape index (κ2) is 2.05. The lowest BCUT2D eigenvalue weighted by Crippen LogP contribution is -1.94. The van der Waals surface area contributed by atoms with E-state index in [-0.39, 0.29) is 5.75 Å². The number of aromatic nitrogens is 2. The van der Waals surface area contributed by atoms with Gasteiger partial charge in [0.2, 0.25) is 0 Å². The standard InChI is InChI=1S/C5H7FN2O/c1-8-5(6)4(9-2)3-7-8/h3H,1-2H3. The van der Waals surface area contributed by atoms with Crippen LogP contribution < -0.4 is 4.74 Å². The molecule has 0 atom stereocenters. The minimum Gasteiger partial charge on any atom is -0.491 e. The summed E-state index contributed by atoms with van der Waals surface area (Å²) >= 11 is 0. The zero-order valence-electron chi connectivity index (χ0n) is 5.26. The molecular formula is C5H7FN2O. The first-order valence-electron chi connectivity index (χ1n) is 2.47. The molecule has 1 aromatic rings. The highest BCUT2D eigenvalue weighted by Crippen LogP contribution is 2.12. The average Bonchev–Trinajstić information content (AvgIpc) is 2.15. The fraction of sp³-hybridized carbons (Fsp3) is 0.400. The molecule has 0 aliphatic rings. The molecule has 0 fully saturated rings. The number of methoxy groups -OCH3 is 1. The highest BCUT2D eigenvalue weighted by molar-refractivity contribution is 5.13. The molecule has 50 valence electrons. The maximum atomic E-state index is 12.5. The zero-order chi connectivity index (χ0) is 6.85. The van der Waals surface area contributed by atoms with Crippen LogP contribution in [0.3, 0.4) is 0 Å². The van der Waals surface area contributed by atoms with Crippen molar-refractivity contribution in [1.82, 2.24) is 9.78 Å². The summed E-state index contributed by atoms with van der Waals surface area (Å²) in [7, 11) is 2.91. The van der Waals surface area contributed by atoms with Gasteiger partial charge in [-0.3, -0.25) is 0 Å². The number of ether oxygens (including phenoxy) is 1. The van der Waals surface area contributed by atoms with Crippen LogP contribution in [0.1, 0.15) is 0 Å². The van der Waals surface area contributed by atoms with E-state index in [9.17, 15) is 4.39 Å². The van der Waals surface area contributed by atoms with Crippen LogP contribution in [0.4, 0.5) is 4.39 Å². The Morgan fingerprint density at radius 1 is 1.78 bits per heavy atom. The molecule has 0 saturated carbocycles. The smallest absolute Gasteiger partial charge is 0.253 e. The molecule has 0 aromatic carbocycles. The molecule has 0 saturated heterocycles. The minimum absolute atomic E-state index is 0.178. The van der Waals surface area contributed by atoms with Crippen molar-refractivity contribution in [2.75, 3.05) is 7.11 Å². The molecule has 3 nitrogen and oxygen atoms in total. The van der Waals surface area contributed by atoms with Crippen LogP contribution in [0.25, 0.3) is 0 Å². The van der Waals surface area contributed by atoms with Crippen molar-refractivity contribution in [1.29, 1.82) is 0 Å². The number of halogens is 1. The second-order valence-corrected chi connectivity index (χ2v) is 1.63. The number of hydrogen-bond acceptors (Lipinski definition) is 2. The van der Waals surface area contributed by atoms with E-state index in [1.54, 1.807) is 0 Å². The lowest BCUT2D eigenvalue weighted by atomic mass is 10.6. The Labute approximate surface area is 52.0 Å². The molecule has 0 aliphatic heterocycles. The molecule has 9 heavy (non-hydrogen) atoms.